The Morgan fingerprint density at radius 3 is 2.35 bits per heavy atom. The van der Waals surface area contributed by atoms with Crippen molar-refractivity contribution in [3.63, 3.8) is 0 Å². The van der Waals surface area contributed by atoms with Crippen LogP contribution in [0, 0.1) is 0 Å². The van der Waals surface area contributed by atoms with Gasteiger partial charge in [-0.2, -0.15) is 13.2 Å². The number of hydrogen-bond donors (Lipinski definition) is 1. The Kier molecular flexibility index (Phi) is 4.43. The Hall–Kier alpha value is -1.19. The molecule has 0 aromatic heterocycles. The molecule has 0 bridgehead atoms. The largest absolute Gasteiger partial charge is 0.408 e. The Morgan fingerprint density at radius 2 is 1.88 bits per heavy atom. The van der Waals surface area contributed by atoms with Crippen LogP contribution in [0.3, 0.4) is 0 Å². The minimum Gasteiger partial charge on any atom is -0.374 e. The standard InChI is InChI=1S/C13H18F3N/c1-4-12(13(14,15)16)17-11-7-5-6-10(8-11)9(2)3/h5-9,12,17H,4H2,1-3H3. The fraction of sp³-hybridized carbons (Fsp3) is 0.538. The van der Waals surface area contributed by atoms with Crippen LogP contribution in [0.5, 0.6) is 0 Å². The Morgan fingerprint density at radius 1 is 1.24 bits per heavy atom. The SMILES string of the molecule is CCC(Nc1cccc(C(C)C)c1)C(F)(F)F. The van der Waals surface area contributed by atoms with Crippen LogP contribution < -0.4 is 5.32 Å². The van der Waals surface area contributed by atoms with Gasteiger partial charge in [-0.3, -0.25) is 0 Å². The van der Waals surface area contributed by atoms with Crippen molar-refractivity contribution in [2.75, 3.05) is 5.32 Å². The van der Waals surface area contributed by atoms with Gasteiger partial charge in [-0.25, -0.2) is 0 Å². The molecule has 0 saturated heterocycles. The maximum atomic E-state index is 12.6. The van der Waals surface area contributed by atoms with E-state index < -0.39 is 12.2 Å². The van der Waals surface area contributed by atoms with Gasteiger partial charge >= 0.3 is 6.18 Å². The third kappa shape index (κ3) is 3.95. The van der Waals surface area contributed by atoms with Crippen molar-refractivity contribution in [1.29, 1.82) is 0 Å². The Bertz CT molecular complexity index is 358. The maximum absolute atomic E-state index is 12.6. The van der Waals surface area contributed by atoms with Crippen molar-refractivity contribution < 1.29 is 13.2 Å². The summed E-state index contributed by atoms with van der Waals surface area (Å²) >= 11 is 0. The third-order valence-electron chi connectivity index (χ3n) is 2.70. The molecule has 17 heavy (non-hydrogen) atoms. The quantitative estimate of drug-likeness (QED) is 0.819. The summed E-state index contributed by atoms with van der Waals surface area (Å²) in [6, 6.07) is 5.66. The van der Waals surface area contributed by atoms with Crippen LogP contribution in [0.1, 0.15) is 38.7 Å². The number of nitrogens with one attached hydrogen (secondary N) is 1. The molecule has 0 heterocycles. The summed E-state index contributed by atoms with van der Waals surface area (Å²) in [6.07, 6.45) is -4.18. The molecule has 1 nitrogen and oxygen atoms in total. The molecule has 0 fully saturated rings. The highest BCUT2D eigenvalue weighted by atomic mass is 19.4. The van der Waals surface area contributed by atoms with Gasteiger partial charge in [-0.05, 0) is 30.0 Å². The van der Waals surface area contributed by atoms with E-state index in [4.69, 9.17) is 0 Å². The molecule has 0 amide bonds. The molecule has 0 saturated carbocycles. The van der Waals surface area contributed by atoms with Crippen LogP contribution in [0.25, 0.3) is 0 Å². The molecule has 0 radical (unpaired) electrons. The van der Waals surface area contributed by atoms with Crippen LogP contribution in [-0.4, -0.2) is 12.2 Å². The van der Waals surface area contributed by atoms with Crippen molar-refractivity contribution in [3.05, 3.63) is 29.8 Å². The first-order chi connectivity index (χ1) is 7.84. The van der Waals surface area contributed by atoms with Crippen LogP contribution in [0.15, 0.2) is 24.3 Å². The highest BCUT2D eigenvalue weighted by Gasteiger charge is 2.38. The van der Waals surface area contributed by atoms with Gasteiger partial charge in [0.15, 0.2) is 0 Å². The number of benzene rings is 1. The fourth-order valence-corrected chi connectivity index (χ4v) is 1.60. The average Bonchev–Trinajstić information content (AvgIpc) is 2.24. The second kappa shape index (κ2) is 5.43. The summed E-state index contributed by atoms with van der Waals surface area (Å²) in [6.45, 7) is 5.55. The maximum Gasteiger partial charge on any atom is 0.408 e. The van der Waals surface area contributed by atoms with Gasteiger partial charge in [0, 0.05) is 5.69 Å². The van der Waals surface area contributed by atoms with Crippen molar-refractivity contribution in [2.45, 2.75) is 45.3 Å². The molecule has 1 N–H and O–H groups in total. The second-order valence-electron chi connectivity index (χ2n) is 4.43. The van der Waals surface area contributed by atoms with Crippen molar-refractivity contribution >= 4 is 5.69 Å². The zero-order valence-corrected chi connectivity index (χ0v) is 10.3. The van der Waals surface area contributed by atoms with Crippen LogP contribution >= 0.6 is 0 Å². The van der Waals surface area contributed by atoms with Gasteiger partial charge in [0.05, 0.1) is 0 Å². The predicted molar refractivity (Wildman–Crippen MR) is 64.3 cm³/mol. The summed E-state index contributed by atoms with van der Waals surface area (Å²) in [4.78, 5) is 0. The van der Waals surface area contributed by atoms with E-state index in [0.29, 0.717) is 11.6 Å². The lowest BCUT2D eigenvalue weighted by Gasteiger charge is -2.21. The molecule has 1 rings (SSSR count). The van der Waals surface area contributed by atoms with E-state index in [1.807, 2.05) is 19.9 Å². The molecule has 1 aromatic rings. The molecular weight excluding hydrogens is 227 g/mol. The molecule has 0 aliphatic carbocycles. The molecule has 1 aromatic carbocycles. The Labute approximate surface area is 100 Å². The molecule has 96 valence electrons. The zero-order chi connectivity index (χ0) is 13.1. The lowest BCUT2D eigenvalue weighted by molar-refractivity contribution is -0.142. The molecule has 4 heteroatoms. The highest BCUT2D eigenvalue weighted by molar-refractivity contribution is 5.47. The van der Waals surface area contributed by atoms with E-state index in [9.17, 15) is 13.2 Å². The minimum absolute atomic E-state index is 0.0232. The smallest absolute Gasteiger partial charge is 0.374 e. The number of alkyl halides is 3. The van der Waals surface area contributed by atoms with Crippen LogP contribution in [-0.2, 0) is 0 Å². The van der Waals surface area contributed by atoms with Gasteiger partial charge in [-0.15, -0.1) is 0 Å². The monoisotopic (exact) mass is 245 g/mol. The topological polar surface area (TPSA) is 12.0 Å². The fourth-order valence-electron chi connectivity index (χ4n) is 1.60. The normalized spacial score (nSPS) is 13.8. The lowest BCUT2D eigenvalue weighted by Crippen LogP contribution is -2.35. The summed E-state index contributed by atoms with van der Waals surface area (Å²) in [5, 5.41) is 2.54. The minimum atomic E-state index is -4.21. The van der Waals surface area contributed by atoms with E-state index in [-0.39, 0.29) is 6.42 Å². The van der Waals surface area contributed by atoms with Crippen molar-refractivity contribution in [1.82, 2.24) is 0 Å². The summed E-state index contributed by atoms with van der Waals surface area (Å²) in [5.74, 6) is 0.308. The molecule has 1 unspecified atom stereocenters. The van der Waals surface area contributed by atoms with Gasteiger partial charge in [-0.1, -0.05) is 32.9 Å². The molecular formula is C13H18F3N. The van der Waals surface area contributed by atoms with Gasteiger partial charge in [0.25, 0.3) is 0 Å². The van der Waals surface area contributed by atoms with E-state index in [0.717, 1.165) is 5.56 Å². The average molecular weight is 245 g/mol. The Balaban J connectivity index is 2.83. The number of anilines is 1. The van der Waals surface area contributed by atoms with Gasteiger partial charge in [0.1, 0.15) is 6.04 Å². The zero-order valence-electron chi connectivity index (χ0n) is 10.3. The van der Waals surface area contributed by atoms with E-state index in [1.165, 1.54) is 6.92 Å². The molecule has 0 spiro atoms. The van der Waals surface area contributed by atoms with Gasteiger partial charge < -0.3 is 5.32 Å². The number of halogens is 3. The third-order valence-corrected chi connectivity index (χ3v) is 2.70. The van der Waals surface area contributed by atoms with Crippen LogP contribution in [0.4, 0.5) is 18.9 Å². The van der Waals surface area contributed by atoms with E-state index >= 15 is 0 Å². The lowest BCUT2D eigenvalue weighted by atomic mass is 10.0. The summed E-state index contributed by atoms with van der Waals surface area (Å²) in [7, 11) is 0. The number of hydrogen-bond acceptors (Lipinski definition) is 1. The van der Waals surface area contributed by atoms with Gasteiger partial charge in [0.2, 0.25) is 0 Å². The summed E-state index contributed by atoms with van der Waals surface area (Å²) < 4.78 is 37.8. The molecule has 0 aliphatic heterocycles. The van der Waals surface area contributed by atoms with E-state index in [1.54, 1.807) is 18.2 Å². The molecule has 0 aliphatic rings. The highest BCUT2D eigenvalue weighted by Crippen LogP contribution is 2.27. The summed E-state index contributed by atoms with van der Waals surface area (Å²) in [5.41, 5.74) is 1.56. The first-order valence-corrected chi connectivity index (χ1v) is 5.77. The first-order valence-electron chi connectivity index (χ1n) is 5.77. The first kappa shape index (κ1) is 13.9. The number of rotatable bonds is 4. The van der Waals surface area contributed by atoms with Crippen molar-refractivity contribution in [3.8, 4) is 0 Å². The second-order valence-corrected chi connectivity index (χ2v) is 4.43. The van der Waals surface area contributed by atoms with E-state index in [2.05, 4.69) is 5.32 Å². The van der Waals surface area contributed by atoms with Crippen molar-refractivity contribution in [2.24, 2.45) is 0 Å². The van der Waals surface area contributed by atoms with Crippen LogP contribution in [0.2, 0.25) is 0 Å². The predicted octanol–water partition coefficient (Wildman–Crippen LogP) is 4.56. The molecule has 1 atom stereocenters.